The van der Waals surface area contributed by atoms with Crippen molar-refractivity contribution in [3.05, 3.63) is 72.9 Å². The Kier molecular flexibility index (Phi) is 45.5. The van der Waals surface area contributed by atoms with Crippen LogP contribution in [0.25, 0.3) is 0 Å². The molecule has 3 atom stereocenters. The molecular weight excluding hydrogens is 828 g/mol. The van der Waals surface area contributed by atoms with Gasteiger partial charge in [-0.25, -0.2) is 4.57 Å². The van der Waals surface area contributed by atoms with Gasteiger partial charge in [-0.15, -0.1) is 0 Å². The monoisotopic (exact) mass is 932 g/mol. The maximum absolute atomic E-state index is 12.9. The molecule has 0 aromatic rings. The molecule has 0 aromatic carbocycles. The van der Waals surface area contributed by atoms with E-state index in [2.05, 4.69) is 79.9 Å². The molecular formula is C56H104N2O6P+. The first-order valence-corrected chi connectivity index (χ1v) is 28.3. The summed E-state index contributed by atoms with van der Waals surface area (Å²) in [6.45, 7) is 4.68. The summed E-state index contributed by atoms with van der Waals surface area (Å²) < 4.78 is 23.6. The van der Waals surface area contributed by atoms with Gasteiger partial charge in [-0.05, 0) is 70.6 Å². The van der Waals surface area contributed by atoms with Crippen LogP contribution in [0.5, 0.6) is 0 Å². The Morgan fingerprint density at radius 2 is 0.938 bits per heavy atom. The van der Waals surface area contributed by atoms with Crippen molar-refractivity contribution >= 4 is 13.7 Å². The summed E-state index contributed by atoms with van der Waals surface area (Å²) in [5, 5.41) is 13.9. The molecule has 0 aliphatic heterocycles. The van der Waals surface area contributed by atoms with E-state index in [9.17, 15) is 19.4 Å². The third-order valence-corrected chi connectivity index (χ3v) is 12.6. The van der Waals surface area contributed by atoms with Gasteiger partial charge in [-0.3, -0.25) is 13.8 Å². The van der Waals surface area contributed by atoms with E-state index in [-0.39, 0.29) is 19.1 Å². The first-order valence-electron chi connectivity index (χ1n) is 26.8. The lowest BCUT2D eigenvalue weighted by Gasteiger charge is -2.25. The molecule has 8 nitrogen and oxygen atoms in total. The summed E-state index contributed by atoms with van der Waals surface area (Å²) in [5.41, 5.74) is 0. The van der Waals surface area contributed by atoms with Crippen molar-refractivity contribution in [1.29, 1.82) is 0 Å². The number of phosphoric acid groups is 1. The highest BCUT2D eigenvalue weighted by Crippen LogP contribution is 2.43. The Labute approximate surface area is 402 Å². The molecule has 0 saturated heterocycles. The number of amides is 1. The van der Waals surface area contributed by atoms with Crippen molar-refractivity contribution in [1.82, 2.24) is 5.32 Å². The number of carbonyl (C=O) groups is 1. The minimum Gasteiger partial charge on any atom is -0.387 e. The number of likely N-dealkylation sites (N-methyl/N-ethyl adjacent to an activating group) is 1. The largest absolute Gasteiger partial charge is 0.472 e. The number of phosphoric ester groups is 1. The molecule has 0 aromatic heterocycles. The SMILES string of the molecule is CC/C=C\C/C=C\C/C=C\C/C=C\CCCCCCCCCCCCCCCCC(=O)NC(COP(=O)(O)OCC[N+](C)(C)C)C(O)/C=C/CC/C=C/CCCCCCCCCCCC. The third-order valence-electron chi connectivity index (χ3n) is 11.7. The number of hydrogen-bond donors (Lipinski definition) is 3. The smallest absolute Gasteiger partial charge is 0.387 e. The first-order chi connectivity index (χ1) is 31.5. The Balaban J connectivity index is 4.24. The van der Waals surface area contributed by atoms with Crippen LogP contribution >= 0.6 is 7.82 Å². The highest BCUT2D eigenvalue weighted by atomic mass is 31.2. The van der Waals surface area contributed by atoms with E-state index in [1.807, 2.05) is 27.2 Å². The number of nitrogens with zero attached hydrogens (tertiary/aromatic N) is 1. The number of unbranched alkanes of at least 4 members (excludes halogenated alkanes) is 25. The number of rotatable bonds is 48. The number of hydrogen-bond acceptors (Lipinski definition) is 5. The Morgan fingerprint density at radius 1 is 0.538 bits per heavy atom. The lowest BCUT2D eigenvalue weighted by molar-refractivity contribution is -0.870. The fourth-order valence-electron chi connectivity index (χ4n) is 7.46. The molecule has 378 valence electrons. The van der Waals surface area contributed by atoms with Crippen molar-refractivity contribution in [2.24, 2.45) is 0 Å². The number of nitrogens with one attached hydrogen (secondary N) is 1. The molecule has 0 aliphatic carbocycles. The van der Waals surface area contributed by atoms with Crippen molar-refractivity contribution in [2.75, 3.05) is 40.9 Å². The maximum Gasteiger partial charge on any atom is 0.472 e. The fourth-order valence-corrected chi connectivity index (χ4v) is 8.20. The molecule has 65 heavy (non-hydrogen) atoms. The molecule has 0 heterocycles. The van der Waals surface area contributed by atoms with Crippen LogP contribution in [0.15, 0.2) is 72.9 Å². The predicted octanol–water partition coefficient (Wildman–Crippen LogP) is 15.9. The van der Waals surface area contributed by atoms with Crippen LogP contribution in [0.1, 0.15) is 226 Å². The van der Waals surface area contributed by atoms with E-state index in [0.717, 1.165) is 64.2 Å². The van der Waals surface area contributed by atoms with Gasteiger partial charge < -0.3 is 19.8 Å². The average molecular weight is 932 g/mol. The van der Waals surface area contributed by atoms with E-state index < -0.39 is 20.0 Å². The van der Waals surface area contributed by atoms with E-state index in [1.165, 1.54) is 141 Å². The summed E-state index contributed by atoms with van der Waals surface area (Å²) in [5.74, 6) is -0.189. The summed E-state index contributed by atoms with van der Waals surface area (Å²) in [6, 6.07) is -0.866. The minimum atomic E-state index is -4.35. The minimum absolute atomic E-state index is 0.0540. The van der Waals surface area contributed by atoms with Gasteiger partial charge in [-0.2, -0.15) is 0 Å². The summed E-state index contributed by atoms with van der Waals surface area (Å²) in [6.07, 6.45) is 64.2. The van der Waals surface area contributed by atoms with Gasteiger partial charge in [0.25, 0.3) is 0 Å². The van der Waals surface area contributed by atoms with Crippen LogP contribution in [0.2, 0.25) is 0 Å². The van der Waals surface area contributed by atoms with Crippen LogP contribution in [-0.4, -0.2) is 73.4 Å². The van der Waals surface area contributed by atoms with Crippen LogP contribution in [0.3, 0.4) is 0 Å². The fraction of sp³-hybridized carbons (Fsp3) is 0.768. The van der Waals surface area contributed by atoms with Gasteiger partial charge in [0, 0.05) is 6.42 Å². The van der Waals surface area contributed by atoms with Gasteiger partial charge in [0.15, 0.2) is 0 Å². The molecule has 0 bridgehead atoms. The zero-order chi connectivity index (χ0) is 47.8. The summed E-state index contributed by atoms with van der Waals surface area (Å²) in [7, 11) is 1.55. The zero-order valence-electron chi connectivity index (χ0n) is 43.0. The lowest BCUT2D eigenvalue weighted by atomic mass is 10.0. The summed E-state index contributed by atoms with van der Waals surface area (Å²) >= 11 is 0. The third kappa shape index (κ3) is 49.7. The quantitative estimate of drug-likeness (QED) is 0.0243. The standard InChI is InChI=1S/C56H103N2O6P/c1-6-8-10-12-14-16-18-20-22-24-25-26-27-28-29-30-31-32-33-34-36-38-40-42-44-46-48-50-56(60)57-54(53-64-65(61,62)63-52-51-58(3,4)5)55(59)49-47-45-43-41-39-37-35-23-21-19-17-15-13-11-9-7-2/h8,10,14,16,20,22,25-26,39,41,47,49,54-55,59H,6-7,9,11-13,15,17-19,21,23-24,27-38,40,42-46,48,50-53H2,1-5H3,(H-,57,60,61,62)/p+1/b10-8-,16-14-,22-20-,26-25-,41-39+,49-47+. The van der Waals surface area contributed by atoms with Crippen LogP contribution in [0, 0.1) is 0 Å². The predicted molar refractivity (Wildman–Crippen MR) is 281 cm³/mol. The maximum atomic E-state index is 12.9. The first kappa shape index (κ1) is 62.9. The second kappa shape index (κ2) is 47.0. The molecule has 3 unspecified atom stereocenters. The van der Waals surface area contributed by atoms with Crippen LogP contribution in [-0.2, 0) is 18.4 Å². The molecule has 9 heteroatoms. The van der Waals surface area contributed by atoms with Gasteiger partial charge in [-0.1, -0.05) is 222 Å². The second-order valence-corrected chi connectivity index (χ2v) is 20.7. The molecule has 0 fully saturated rings. The van der Waals surface area contributed by atoms with Crippen molar-refractivity contribution in [3.8, 4) is 0 Å². The van der Waals surface area contributed by atoms with Gasteiger partial charge in [0.2, 0.25) is 5.91 Å². The Morgan fingerprint density at radius 3 is 1.42 bits per heavy atom. The van der Waals surface area contributed by atoms with E-state index >= 15 is 0 Å². The van der Waals surface area contributed by atoms with E-state index in [1.54, 1.807) is 6.08 Å². The Bertz CT molecular complexity index is 1290. The molecule has 3 N–H and O–H groups in total. The number of aliphatic hydroxyl groups excluding tert-OH is 1. The molecule has 0 radical (unpaired) electrons. The van der Waals surface area contributed by atoms with Gasteiger partial charge in [0.05, 0.1) is 39.9 Å². The number of carbonyl (C=O) groups excluding carboxylic acids is 1. The topological polar surface area (TPSA) is 105 Å². The lowest BCUT2D eigenvalue weighted by Crippen LogP contribution is -2.45. The zero-order valence-corrected chi connectivity index (χ0v) is 43.9. The molecule has 0 aliphatic rings. The average Bonchev–Trinajstić information content (AvgIpc) is 3.26. The number of allylic oxidation sites excluding steroid dienone is 11. The van der Waals surface area contributed by atoms with E-state index in [0.29, 0.717) is 17.4 Å². The van der Waals surface area contributed by atoms with Crippen molar-refractivity contribution in [2.45, 2.75) is 238 Å². The Hall–Kier alpha value is -2.06. The second-order valence-electron chi connectivity index (χ2n) is 19.2. The van der Waals surface area contributed by atoms with Crippen molar-refractivity contribution < 1.29 is 32.9 Å². The molecule has 0 rings (SSSR count). The molecule has 0 spiro atoms. The molecule has 1 amide bonds. The summed E-state index contributed by atoms with van der Waals surface area (Å²) in [4.78, 5) is 23.2. The van der Waals surface area contributed by atoms with Gasteiger partial charge >= 0.3 is 7.82 Å². The van der Waals surface area contributed by atoms with Crippen molar-refractivity contribution in [3.63, 3.8) is 0 Å². The number of quaternary nitrogens is 1. The number of aliphatic hydroxyl groups is 1. The highest BCUT2D eigenvalue weighted by Gasteiger charge is 2.27. The van der Waals surface area contributed by atoms with E-state index in [4.69, 9.17) is 9.05 Å². The normalized spacial score (nSPS) is 14.6. The van der Waals surface area contributed by atoms with Gasteiger partial charge in [0.1, 0.15) is 13.2 Å². The van der Waals surface area contributed by atoms with Crippen LogP contribution in [0.4, 0.5) is 0 Å². The highest BCUT2D eigenvalue weighted by molar-refractivity contribution is 7.47. The van der Waals surface area contributed by atoms with Crippen LogP contribution < -0.4 is 5.32 Å². The molecule has 0 saturated carbocycles.